The summed E-state index contributed by atoms with van der Waals surface area (Å²) in [6, 6.07) is 0. The van der Waals surface area contributed by atoms with E-state index in [1.165, 1.54) is 0 Å². The fraction of sp³-hybridized carbons (Fsp3) is 0.920. The van der Waals surface area contributed by atoms with Crippen molar-refractivity contribution in [2.45, 2.75) is 119 Å². The van der Waals surface area contributed by atoms with Crippen LogP contribution in [0.2, 0.25) is 0 Å². The largest absolute Gasteiger partial charge is 0.462 e. The maximum atomic E-state index is 12.4. The molecule has 0 bridgehead atoms. The second-order valence-electron chi connectivity index (χ2n) is 11.0. The molecule has 0 aromatic carbocycles. The van der Waals surface area contributed by atoms with Crippen molar-refractivity contribution in [1.82, 2.24) is 0 Å². The lowest BCUT2D eigenvalue weighted by Gasteiger charge is -2.66. The minimum absolute atomic E-state index is 0.00247. The van der Waals surface area contributed by atoms with E-state index >= 15 is 0 Å². The first-order valence-electron chi connectivity index (χ1n) is 12.4. The molecule has 0 spiro atoms. The summed E-state index contributed by atoms with van der Waals surface area (Å²) in [5.41, 5.74) is -0.158. The molecular weight excluding hydrogens is 524 g/mol. The predicted molar refractivity (Wildman–Crippen MR) is 128 cm³/mol. The molecule has 1 saturated heterocycles. The van der Waals surface area contributed by atoms with Gasteiger partial charge >= 0.3 is 11.9 Å². The number of alkyl halides is 2. The third-order valence-electron chi connectivity index (χ3n) is 9.31. The van der Waals surface area contributed by atoms with E-state index in [0.29, 0.717) is 35.4 Å². The Balaban J connectivity index is 1.49. The van der Waals surface area contributed by atoms with Gasteiger partial charge in [-0.2, -0.15) is 0 Å². The van der Waals surface area contributed by atoms with Gasteiger partial charge in [0.05, 0.1) is 0 Å². The molecule has 3 aliphatic carbocycles. The third kappa shape index (κ3) is 4.15. The summed E-state index contributed by atoms with van der Waals surface area (Å²) in [5.74, 6) is 1.57. The van der Waals surface area contributed by atoms with Crippen molar-refractivity contribution in [1.29, 1.82) is 0 Å². The summed E-state index contributed by atoms with van der Waals surface area (Å²) in [6.07, 6.45) is 11.2. The molecule has 0 amide bonds. The van der Waals surface area contributed by atoms with Crippen molar-refractivity contribution in [2.24, 2.45) is 23.2 Å². The molecule has 1 heterocycles. The maximum absolute atomic E-state index is 12.4. The highest BCUT2D eigenvalue weighted by molar-refractivity contribution is 9.12. The van der Waals surface area contributed by atoms with E-state index in [0.717, 1.165) is 64.2 Å². The molecule has 8 atom stereocenters. The van der Waals surface area contributed by atoms with Crippen LogP contribution in [0.25, 0.3) is 0 Å². The molecule has 0 unspecified atom stereocenters. The van der Waals surface area contributed by atoms with Gasteiger partial charge in [-0.15, -0.1) is 0 Å². The number of rotatable bonds is 5. The Morgan fingerprint density at radius 2 is 1.94 bits per heavy atom. The molecule has 0 N–H and O–H groups in total. The van der Waals surface area contributed by atoms with Crippen molar-refractivity contribution < 1.29 is 19.1 Å². The quantitative estimate of drug-likeness (QED) is 0.213. The highest BCUT2D eigenvalue weighted by Gasteiger charge is 2.66. The zero-order valence-corrected chi connectivity index (χ0v) is 22.4. The van der Waals surface area contributed by atoms with Crippen LogP contribution in [-0.2, 0) is 19.1 Å². The second-order valence-corrected chi connectivity index (χ2v) is 13.6. The molecule has 6 heteroatoms. The molecule has 0 aromatic heterocycles. The molecule has 3 saturated carbocycles. The van der Waals surface area contributed by atoms with E-state index in [9.17, 15) is 9.59 Å². The highest BCUT2D eigenvalue weighted by atomic mass is 79.9. The van der Waals surface area contributed by atoms with E-state index in [2.05, 4.69) is 52.6 Å². The van der Waals surface area contributed by atoms with Gasteiger partial charge in [0.2, 0.25) is 0 Å². The molecule has 0 radical (unpaired) electrons. The van der Waals surface area contributed by atoms with Crippen LogP contribution in [0.5, 0.6) is 0 Å². The Bertz CT molecular complexity index is 714. The summed E-state index contributed by atoms with van der Waals surface area (Å²) in [7, 11) is 0. The van der Waals surface area contributed by atoms with Crippen LogP contribution in [0.1, 0.15) is 97.8 Å². The van der Waals surface area contributed by atoms with Crippen LogP contribution < -0.4 is 0 Å². The first-order chi connectivity index (χ1) is 14.6. The number of unbranched alkanes of at least 4 members (excludes halogenated alkanes) is 2. The molecular formula is C25H38Br2O4. The normalized spacial score (nSPS) is 46.9. The van der Waals surface area contributed by atoms with Crippen LogP contribution in [0.3, 0.4) is 0 Å². The third-order valence-corrected chi connectivity index (χ3v) is 12.9. The first kappa shape index (κ1) is 24.0. The van der Waals surface area contributed by atoms with Crippen molar-refractivity contribution in [3.63, 3.8) is 0 Å². The summed E-state index contributed by atoms with van der Waals surface area (Å²) in [6.45, 7) is 6.78. The number of carbonyl (C=O) groups excluding carboxylic acids is 2. The highest BCUT2D eigenvalue weighted by Crippen LogP contribution is 2.68. The van der Waals surface area contributed by atoms with Crippen LogP contribution in [0.4, 0.5) is 0 Å². The molecule has 1 aliphatic heterocycles. The standard InChI is InChI=1S/C25H38Br2O4/c1-4-5-6-7-21(28)30-16-10-12-23(2)18-11-13-24(3)19(8-9-22(29)31-24)17(18)14-20(26)25(23,27)15-16/h16-20H,4-15H2,1-3H3/t16-,17+,18-,19-,20+,23+,24-,25-/m0/s1. The smallest absolute Gasteiger partial charge is 0.306 e. The summed E-state index contributed by atoms with van der Waals surface area (Å²) < 4.78 is 11.8. The van der Waals surface area contributed by atoms with Gasteiger partial charge in [0.15, 0.2) is 0 Å². The first-order valence-corrected chi connectivity index (χ1v) is 14.1. The van der Waals surface area contributed by atoms with Gasteiger partial charge in [0, 0.05) is 34.3 Å². The zero-order chi connectivity index (χ0) is 22.4. The number of fused-ring (bicyclic) bond motifs is 5. The SMILES string of the molecule is CCCCCC(=O)O[C@H]1CC[C@]2(C)[C@H]3CC[C@]4(C)OC(=O)CC[C@H]4[C@@H]3C[C@@H](Br)[C@@]2(Br)C1. The zero-order valence-electron chi connectivity index (χ0n) is 19.3. The molecule has 176 valence electrons. The van der Waals surface area contributed by atoms with Crippen molar-refractivity contribution in [3.8, 4) is 0 Å². The Labute approximate surface area is 204 Å². The van der Waals surface area contributed by atoms with Crippen LogP contribution in [-0.4, -0.2) is 32.8 Å². The number of hydrogen-bond acceptors (Lipinski definition) is 4. The minimum Gasteiger partial charge on any atom is -0.462 e. The lowest BCUT2D eigenvalue weighted by atomic mass is 9.45. The Kier molecular flexibility index (Phi) is 6.92. The van der Waals surface area contributed by atoms with Gasteiger partial charge in [-0.1, -0.05) is 58.5 Å². The number of halogens is 2. The van der Waals surface area contributed by atoms with E-state index in [1.54, 1.807) is 0 Å². The van der Waals surface area contributed by atoms with Crippen molar-refractivity contribution in [3.05, 3.63) is 0 Å². The molecule has 31 heavy (non-hydrogen) atoms. The van der Waals surface area contributed by atoms with Crippen LogP contribution in [0.15, 0.2) is 0 Å². The van der Waals surface area contributed by atoms with Gasteiger partial charge in [-0.05, 0) is 69.1 Å². The van der Waals surface area contributed by atoms with E-state index in [1.807, 2.05) is 0 Å². The topological polar surface area (TPSA) is 52.6 Å². The fourth-order valence-electron chi connectivity index (χ4n) is 7.53. The molecule has 4 rings (SSSR count). The minimum atomic E-state index is -0.295. The second kappa shape index (κ2) is 8.92. The van der Waals surface area contributed by atoms with E-state index in [-0.39, 0.29) is 33.4 Å². The Morgan fingerprint density at radius 3 is 2.68 bits per heavy atom. The average Bonchev–Trinajstić information content (AvgIpc) is 2.69. The summed E-state index contributed by atoms with van der Waals surface area (Å²) >= 11 is 8.32. The number of carbonyl (C=O) groups is 2. The van der Waals surface area contributed by atoms with Crippen LogP contribution in [0, 0.1) is 23.2 Å². The Hall–Kier alpha value is -0.100. The number of ether oxygens (including phenoxy) is 2. The molecule has 4 aliphatic rings. The Morgan fingerprint density at radius 1 is 1.16 bits per heavy atom. The van der Waals surface area contributed by atoms with Gasteiger partial charge in [-0.25, -0.2) is 0 Å². The van der Waals surface area contributed by atoms with E-state index in [4.69, 9.17) is 9.47 Å². The summed E-state index contributed by atoms with van der Waals surface area (Å²) in [4.78, 5) is 24.7. The molecule has 4 nitrogen and oxygen atoms in total. The average molecular weight is 562 g/mol. The number of esters is 2. The predicted octanol–water partition coefficient (Wildman–Crippen LogP) is 6.71. The van der Waals surface area contributed by atoms with E-state index < -0.39 is 0 Å². The van der Waals surface area contributed by atoms with Crippen LogP contribution >= 0.6 is 31.9 Å². The number of hydrogen-bond donors (Lipinski definition) is 0. The van der Waals surface area contributed by atoms with Gasteiger partial charge in [-0.3, -0.25) is 9.59 Å². The van der Waals surface area contributed by atoms with Gasteiger partial charge < -0.3 is 9.47 Å². The fourth-order valence-corrected chi connectivity index (χ4v) is 9.71. The lowest BCUT2D eigenvalue weighted by Crippen LogP contribution is -2.66. The molecule has 4 fully saturated rings. The summed E-state index contributed by atoms with van der Waals surface area (Å²) in [5, 5.41) is 0. The van der Waals surface area contributed by atoms with Gasteiger partial charge in [0.25, 0.3) is 0 Å². The monoisotopic (exact) mass is 560 g/mol. The maximum Gasteiger partial charge on any atom is 0.306 e. The molecule has 0 aromatic rings. The van der Waals surface area contributed by atoms with Gasteiger partial charge in [0.1, 0.15) is 11.7 Å². The van der Waals surface area contributed by atoms with Crippen molar-refractivity contribution >= 4 is 43.8 Å². The lowest BCUT2D eigenvalue weighted by molar-refractivity contribution is -0.201. The van der Waals surface area contributed by atoms with Crippen molar-refractivity contribution in [2.75, 3.05) is 0 Å².